The molecule has 0 aromatic carbocycles. The topological polar surface area (TPSA) is 37.3 Å². The van der Waals surface area contributed by atoms with Crippen LogP contribution < -0.4 is 0 Å². The van der Waals surface area contributed by atoms with Crippen molar-refractivity contribution >= 4 is 5.78 Å². The van der Waals surface area contributed by atoms with Crippen molar-refractivity contribution in [1.82, 2.24) is 0 Å². The fourth-order valence-corrected chi connectivity index (χ4v) is 6.37. The molecule has 0 radical (unpaired) electrons. The molecule has 0 aromatic heterocycles. The minimum Gasteiger partial charge on any atom is -0.393 e. The van der Waals surface area contributed by atoms with Gasteiger partial charge in [0.15, 0.2) is 0 Å². The summed E-state index contributed by atoms with van der Waals surface area (Å²) >= 11 is 0. The summed E-state index contributed by atoms with van der Waals surface area (Å²) in [4.78, 5) is 12.2. The van der Waals surface area contributed by atoms with Gasteiger partial charge >= 0.3 is 0 Å². The molecule has 0 heterocycles. The van der Waals surface area contributed by atoms with Gasteiger partial charge in [-0.1, -0.05) is 13.3 Å². The molecular weight excluding hydrogens is 224 g/mol. The normalized spacial score (nSPS) is 58.4. The van der Waals surface area contributed by atoms with Crippen molar-refractivity contribution in [1.29, 1.82) is 0 Å². The Balaban J connectivity index is 1.72. The van der Waals surface area contributed by atoms with Gasteiger partial charge in [0.05, 0.1) is 6.10 Å². The molecule has 1 N–H and O–H groups in total. The van der Waals surface area contributed by atoms with E-state index in [1.807, 2.05) is 0 Å². The van der Waals surface area contributed by atoms with Gasteiger partial charge in [0.1, 0.15) is 5.78 Å². The monoisotopic (exact) mass is 248 g/mol. The Morgan fingerprint density at radius 2 is 1.67 bits per heavy atom. The summed E-state index contributed by atoms with van der Waals surface area (Å²) in [6.45, 7) is 2.14. The first-order chi connectivity index (χ1) is 8.68. The van der Waals surface area contributed by atoms with Gasteiger partial charge in [-0.05, 0) is 61.2 Å². The first-order valence-electron chi connectivity index (χ1n) is 7.89. The lowest BCUT2D eigenvalue weighted by atomic mass is 9.64. The molecule has 8 atom stereocenters. The summed E-state index contributed by atoms with van der Waals surface area (Å²) in [7, 11) is 0. The molecule has 4 saturated carbocycles. The summed E-state index contributed by atoms with van der Waals surface area (Å²) in [6.07, 6.45) is 6.64. The van der Waals surface area contributed by atoms with E-state index in [0.29, 0.717) is 24.0 Å². The predicted molar refractivity (Wildman–Crippen MR) is 68.8 cm³/mol. The molecule has 0 unspecified atom stereocenters. The van der Waals surface area contributed by atoms with E-state index in [4.69, 9.17) is 0 Å². The Hall–Kier alpha value is -0.370. The van der Waals surface area contributed by atoms with Crippen LogP contribution in [0, 0.1) is 41.4 Å². The van der Waals surface area contributed by atoms with Gasteiger partial charge in [-0.2, -0.15) is 0 Å². The van der Waals surface area contributed by atoms with Gasteiger partial charge in [0.2, 0.25) is 0 Å². The number of hydrogen-bond donors (Lipinski definition) is 1. The van der Waals surface area contributed by atoms with Crippen LogP contribution in [0.4, 0.5) is 0 Å². The third-order valence-electron chi connectivity index (χ3n) is 6.92. The maximum Gasteiger partial charge on any atom is 0.136 e. The van der Waals surface area contributed by atoms with Crippen LogP contribution in [0.25, 0.3) is 0 Å². The van der Waals surface area contributed by atoms with Crippen molar-refractivity contribution in [3.63, 3.8) is 0 Å². The minimum atomic E-state index is -0.194. The number of fused-ring (bicyclic) bond motifs is 8. The predicted octanol–water partition coefficient (Wildman–Crippen LogP) is 2.64. The van der Waals surface area contributed by atoms with Crippen LogP contribution in [0.2, 0.25) is 0 Å². The van der Waals surface area contributed by atoms with Gasteiger partial charge in [-0.25, -0.2) is 0 Å². The van der Waals surface area contributed by atoms with Crippen LogP contribution in [-0.4, -0.2) is 17.0 Å². The van der Waals surface area contributed by atoms with E-state index >= 15 is 0 Å². The number of carbonyl (C=O) groups is 1. The first-order valence-corrected chi connectivity index (χ1v) is 7.89. The smallest absolute Gasteiger partial charge is 0.136 e. The number of hydrogen-bond acceptors (Lipinski definition) is 2. The van der Waals surface area contributed by atoms with Gasteiger partial charge < -0.3 is 5.11 Å². The van der Waals surface area contributed by atoms with E-state index in [9.17, 15) is 9.90 Å². The highest BCUT2D eigenvalue weighted by atomic mass is 16.3. The van der Waals surface area contributed by atoms with Crippen molar-refractivity contribution in [2.45, 2.75) is 51.6 Å². The number of aliphatic hydroxyl groups is 1. The zero-order valence-electron chi connectivity index (χ0n) is 11.2. The molecule has 2 heteroatoms. The molecule has 4 rings (SSSR count). The SMILES string of the molecule is C[C@H]1C(=O)CC[C@H](O)[C@@H]2[C@@H]3C[C@H]([C@@H]4CCC[C@@H]43)[C@@H]21. The lowest BCUT2D eigenvalue weighted by Gasteiger charge is -2.41. The summed E-state index contributed by atoms with van der Waals surface area (Å²) in [6, 6.07) is 0. The standard InChI is InChI=1S/C16H24O2/c1-8-13(17)5-6-14(18)16-12-7-11(15(8)16)9-3-2-4-10(9)12/h8-12,14-16,18H,2-7H2,1H3/t8-,9+,10-,11+,12+,14-,15-,16-/m0/s1. The van der Waals surface area contributed by atoms with E-state index in [2.05, 4.69) is 6.92 Å². The van der Waals surface area contributed by atoms with E-state index in [1.54, 1.807) is 0 Å². The number of ketones is 1. The van der Waals surface area contributed by atoms with E-state index in [-0.39, 0.29) is 12.0 Å². The Morgan fingerprint density at radius 1 is 1.00 bits per heavy atom. The molecule has 18 heavy (non-hydrogen) atoms. The molecule has 100 valence electrons. The Morgan fingerprint density at radius 3 is 2.39 bits per heavy atom. The van der Waals surface area contributed by atoms with Crippen LogP contribution in [0.1, 0.15) is 45.4 Å². The molecule has 0 aromatic rings. The molecule has 0 spiro atoms. The maximum absolute atomic E-state index is 12.2. The number of aliphatic hydroxyl groups excluding tert-OH is 1. The summed E-state index contributed by atoms with van der Waals surface area (Å²) in [5.41, 5.74) is 0. The first kappa shape index (κ1) is 11.5. The second kappa shape index (κ2) is 3.82. The highest BCUT2D eigenvalue weighted by molar-refractivity contribution is 5.81. The van der Waals surface area contributed by atoms with Crippen LogP contribution in [0.3, 0.4) is 0 Å². The van der Waals surface area contributed by atoms with Gasteiger partial charge in [-0.15, -0.1) is 0 Å². The van der Waals surface area contributed by atoms with Crippen LogP contribution in [0.5, 0.6) is 0 Å². The highest BCUT2D eigenvalue weighted by Crippen LogP contribution is 2.66. The maximum atomic E-state index is 12.2. The molecule has 0 aliphatic heterocycles. The summed E-state index contributed by atoms with van der Waals surface area (Å²) < 4.78 is 0. The van der Waals surface area contributed by atoms with Crippen molar-refractivity contribution < 1.29 is 9.90 Å². The number of Topliss-reactive ketones (excluding diaryl/α,β-unsaturated/α-hetero) is 1. The lowest BCUT2D eigenvalue weighted by molar-refractivity contribution is -0.124. The fourth-order valence-electron chi connectivity index (χ4n) is 6.37. The Kier molecular flexibility index (Phi) is 2.43. The molecule has 4 fully saturated rings. The summed E-state index contributed by atoms with van der Waals surface area (Å²) in [5.74, 6) is 4.90. The second-order valence-corrected chi connectivity index (χ2v) is 7.34. The van der Waals surface area contributed by atoms with Gasteiger partial charge in [-0.3, -0.25) is 4.79 Å². The molecule has 0 amide bonds. The van der Waals surface area contributed by atoms with Crippen molar-refractivity contribution in [2.75, 3.05) is 0 Å². The van der Waals surface area contributed by atoms with Crippen LogP contribution in [-0.2, 0) is 4.79 Å². The van der Waals surface area contributed by atoms with E-state index in [1.165, 1.54) is 25.7 Å². The fraction of sp³-hybridized carbons (Fsp3) is 0.938. The molecule has 2 nitrogen and oxygen atoms in total. The number of rotatable bonds is 0. The van der Waals surface area contributed by atoms with Gasteiger partial charge in [0.25, 0.3) is 0 Å². The second-order valence-electron chi connectivity index (χ2n) is 7.34. The number of carbonyl (C=O) groups excluding carboxylic acids is 1. The molecule has 4 aliphatic carbocycles. The zero-order chi connectivity index (χ0) is 12.4. The van der Waals surface area contributed by atoms with Crippen LogP contribution >= 0.6 is 0 Å². The average molecular weight is 248 g/mol. The van der Waals surface area contributed by atoms with Crippen molar-refractivity contribution in [2.24, 2.45) is 41.4 Å². The minimum absolute atomic E-state index is 0.194. The molecule has 2 bridgehead atoms. The average Bonchev–Trinajstić information content (AvgIpc) is 3.01. The van der Waals surface area contributed by atoms with E-state index < -0.39 is 0 Å². The molecule has 4 aliphatic rings. The summed E-state index contributed by atoms with van der Waals surface area (Å²) in [5, 5.41) is 10.5. The van der Waals surface area contributed by atoms with Crippen LogP contribution in [0.15, 0.2) is 0 Å². The largest absolute Gasteiger partial charge is 0.393 e. The van der Waals surface area contributed by atoms with Crippen molar-refractivity contribution in [3.05, 3.63) is 0 Å². The van der Waals surface area contributed by atoms with Gasteiger partial charge in [0, 0.05) is 12.3 Å². The quantitative estimate of drug-likeness (QED) is 0.715. The highest BCUT2D eigenvalue weighted by Gasteiger charge is 2.62. The van der Waals surface area contributed by atoms with Crippen molar-refractivity contribution in [3.8, 4) is 0 Å². The Labute approximate surface area is 109 Å². The zero-order valence-corrected chi connectivity index (χ0v) is 11.2. The third-order valence-corrected chi connectivity index (χ3v) is 6.92. The lowest BCUT2D eigenvalue weighted by Crippen LogP contribution is -2.41. The Bertz CT molecular complexity index is 377. The third kappa shape index (κ3) is 1.31. The van der Waals surface area contributed by atoms with E-state index in [0.717, 1.165) is 30.1 Å². The molecular formula is C16H24O2. The molecule has 0 saturated heterocycles.